The Morgan fingerprint density at radius 2 is 1.24 bits per heavy atom. The lowest BCUT2D eigenvalue weighted by Gasteiger charge is -2.11. The molecule has 176 valence electrons. The highest BCUT2D eigenvalue weighted by Crippen LogP contribution is 2.34. The lowest BCUT2D eigenvalue weighted by atomic mass is 9.96. The fourth-order valence-electron chi connectivity index (χ4n) is 4.16. The summed E-state index contributed by atoms with van der Waals surface area (Å²) in [7, 11) is 0. The Kier molecular flexibility index (Phi) is 6.96. The SMILES string of the molecule is CCCCCCc1ccc(-c2ccc(-c3cc(F)c4c(F)c(F)c(F)cc4c3)c(F)c2)c(F)c1. The van der Waals surface area contributed by atoms with Crippen LogP contribution >= 0.6 is 0 Å². The van der Waals surface area contributed by atoms with E-state index in [9.17, 15) is 26.3 Å². The van der Waals surface area contributed by atoms with Gasteiger partial charge >= 0.3 is 0 Å². The van der Waals surface area contributed by atoms with Crippen LogP contribution in [0.15, 0.2) is 54.6 Å². The highest BCUT2D eigenvalue weighted by molar-refractivity contribution is 5.89. The molecule has 0 spiro atoms. The lowest BCUT2D eigenvalue weighted by Crippen LogP contribution is -1.96. The Hall–Kier alpha value is -3.28. The van der Waals surface area contributed by atoms with E-state index in [2.05, 4.69) is 6.92 Å². The molecule has 0 bridgehead atoms. The highest BCUT2D eigenvalue weighted by Gasteiger charge is 2.19. The van der Waals surface area contributed by atoms with Gasteiger partial charge in [0.05, 0.1) is 5.39 Å². The summed E-state index contributed by atoms with van der Waals surface area (Å²) in [6.45, 7) is 2.12. The molecule has 4 aromatic rings. The average Bonchev–Trinajstić information content (AvgIpc) is 2.80. The second-order valence-electron chi connectivity index (χ2n) is 8.36. The molecule has 0 aliphatic carbocycles. The molecular weight excluding hydrogens is 450 g/mol. The molecule has 0 saturated carbocycles. The van der Waals surface area contributed by atoms with Crippen LogP contribution in [0.5, 0.6) is 0 Å². The smallest absolute Gasteiger partial charge is 0.195 e. The van der Waals surface area contributed by atoms with Gasteiger partial charge in [-0.3, -0.25) is 0 Å². The Bertz CT molecular complexity index is 1360. The van der Waals surface area contributed by atoms with E-state index < -0.39 is 40.3 Å². The van der Waals surface area contributed by atoms with Gasteiger partial charge in [-0.15, -0.1) is 0 Å². The highest BCUT2D eigenvalue weighted by atomic mass is 19.2. The zero-order valence-corrected chi connectivity index (χ0v) is 18.5. The minimum Gasteiger partial charge on any atom is -0.206 e. The summed E-state index contributed by atoms with van der Waals surface area (Å²) < 4.78 is 85.3. The van der Waals surface area contributed by atoms with Gasteiger partial charge in [-0.05, 0) is 65.3 Å². The van der Waals surface area contributed by atoms with Gasteiger partial charge in [0, 0.05) is 11.1 Å². The van der Waals surface area contributed by atoms with Crippen molar-refractivity contribution in [2.45, 2.75) is 39.0 Å². The molecule has 0 nitrogen and oxygen atoms in total. The van der Waals surface area contributed by atoms with E-state index in [-0.39, 0.29) is 22.1 Å². The van der Waals surface area contributed by atoms with Gasteiger partial charge in [0.25, 0.3) is 0 Å². The summed E-state index contributed by atoms with van der Waals surface area (Å²) in [5.41, 5.74) is 1.38. The second kappa shape index (κ2) is 9.92. The number of hydrogen-bond acceptors (Lipinski definition) is 0. The lowest BCUT2D eigenvalue weighted by molar-refractivity contribution is 0.451. The topological polar surface area (TPSA) is 0 Å². The summed E-state index contributed by atoms with van der Waals surface area (Å²) in [4.78, 5) is 0. The fraction of sp³-hybridized carbons (Fsp3) is 0.214. The van der Waals surface area contributed by atoms with E-state index in [0.29, 0.717) is 11.6 Å². The molecule has 0 fully saturated rings. The standard InChI is InChI=1S/C28H22F6/c1-2-3-4-5-6-16-7-9-20(22(29)11-16)17-8-10-21(23(30)13-17)18-12-19-15-25(32)27(33)28(34)26(19)24(31)14-18/h7-15H,2-6H2,1H3. The van der Waals surface area contributed by atoms with E-state index in [1.165, 1.54) is 24.3 Å². The summed E-state index contributed by atoms with van der Waals surface area (Å²) in [5.74, 6) is -7.26. The summed E-state index contributed by atoms with van der Waals surface area (Å²) >= 11 is 0. The van der Waals surface area contributed by atoms with Crippen molar-refractivity contribution in [1.29, 1.82) is 0 Å². The van der Waals surface area contributed by atoms with Crippen molar-refractivity contribution >= 4 is 10.8 Å². The van der Waals surface area contributed by atoms with Gasteiger partial charge in [0.15, 0.2) is 17.5 Å². The molecule has 0 N–H and O–H groups in total. The number of benzene rings is 4. The first-order chi connectivity index (χ1) is 16.3. The van der Waals surface area contributed by atoms with Crippen LogP contribution in [0.4, 0.5) is 26.3 Å². The van der Waals surface area contributed by atoms with Gasteiger partial charge < -0.3 is 0 Å². The molecule has 6 heteroatoms. The summed E-state index contributed by atoms with van der Waals surface area (Å²) in [5, 5.41) is -0.952. The summed E-state index contributed by atoms with van der Waals surface area (Å²) in [6, 6.07) is 11.5. The number of halogens is 6. The number of fused-ring (bicyclic) bond motifs is 1. The van der Waals surface area contributed by atoms with Crippen molar-refractivity contribution in [1.82, 2.24) is 0 Å². The van der Waals surface area contributed by atoms with Gasteiger partial charge in [-0.1, -0.05) is 50.5 Å². The number of hydrogen-bond donors (Lipinski definition) is 0. The third-order valence-corrected chi connectivity index (χ3v) is 5.97. The molecule has 34 heavy (non-hydrogen) atoms. The second-order valence-corrected chi connectivity index (χ2v) is 8.36. The first kappa shape index (κ1) is 23.9. The Balaban J connectivity index is 1.65. The molecular formula is C28H22F6. The molecule has 4 aromatic carbocycles. The number of aryl methyl sites for hydroxylation is 1. The maximum atomic E-state index is 15.0. The van der Waals surface area contributed by atoms with Crippen LogP contribution in [0.3, 0.4) is 0 Å². The maximum absolute atomic E-state index is 15.0. The minimum absolute atomic E-state index is 0.0161. The minimum atomic E-state index is -1.77. The van der Waals surface area contributed by atoms with Crippen LogP contribution in [0, 0.1) is 34.9 Å². The first-order valence-electron chi connectivity index (χ1n) is 11.2. The van der Waals surface area contributed by atoms with E-state index >= 15 is 0 Å². The zero-order chi connectivity index (χ0) is 24.4. The van der Waals surface area contributed by atoms with Crippen LogP contribution in [0.25, 0.3) is 33.0 Å². The zero-order valence-electron chi connectivity index (χ0n) is 18.5. The van der Waals surface area contributed by atoms with Crippen molar-refractivity contribution in [3.05, 3.63) is 95.1 Å². The van der Waals surface area contributed by atoms with Crippen LogP contribution in [-0.4, -0.2) is 0 Å². The molecule has 0 aliphatic rings. The molecule has 0 heterocycles. The van der Waals surface area contributed by atoms with Crippen molar-refractivity contribution < 1.29 is 26.3 Å². The van der Waals surface area contributed by atoms with Crippen LogP contribution < -0.4 is 0 Å². The molecule has 0 saturated heterocycles. The van der Waals surface area contributed by atoms with Gasteiger partial charge in [-0.2, -0.15) is 0 Å². The van der Waals surface area contributed by atoms with Gasteiger partial charge in [0.2, 0.25) is 0 Å². The molecule has 0 aliphatic heterocycles. The summed E-state index contributed by atoms with van der Waals surface area (Å²) in [6.07, 6.45) is 5.07. The Morgan fingerprint density at radius 3 is 1.94 bits per heavy atom. The molecule has 0 aromatic heterocycles. The third-order valence-electron chi connectivity index (χ3n) is 5.97. The third kappa shape index (κ3) is 4.67. The Morgan fingerprint density at radius 1 is 0.559 bits per heavy atom. The average molecular weight is 472 g/mol. The first-order valence-corrected chi connectivity index (χ1v) is 11.2. The van der Waals surface area contributed by atoms with Crippen molar-refractivity contribution in [3.63, 3.8) is 0 Å². The molecule has 0 unspecified atom stereocenters. The molecule has 0 amide bonds. The van der Waals surface area contributed by atoms with Crippen LogP contribution in [0.1, 0.15) is 38.2 Å². The fourth-order valence-corrected chi connectivity index (χ4v) is 4.16. The molecule has 4 rings (SSSR count). The van der Waals surface area contributed by atoms with Crippen LogP contribution in [0.2, 0.25) is 0 Å². The number of unbranched alkanes of at least 4 members (excludes halogenated alkanes) is 3. The number of rotatable bonds is 7. The maximum Gasteiger partial charge on any atom is 0.195 e. The predicted octanol–water partition coefficient (Wildman–Crippen LogP) is 9.13. The predicted molar refractivity (Wildman–Crippen MR) is 122 cm³/mol. The normalized spacial score (nSPS) is 11.4. The monoisotopic (exact) mass is 472 g/mol. The van der Waals surface area contributed by atoms with E-state index in [1.54, 1.807) is 6.07 Å². The van der Waals surface area contributed by atoms with Crippen molar-refractivity contribution in [2.24, 2.45) is 0 Å². The quantitative estimate of drug-likeness (QED) is 0.143. The van der Waals surface area contributed by atoms with Gasteiger partial charge in [-0.25, -0.2) is 26.3 Å². The van der Waals surface area contributed by atoms with E-state index in [0.717, 1.165) is 49.8 Å². The Labute approximate surface area is 193 Å². The molecule has 0 atom stereocenters. The largest absolute Gasteiger partial charge is 0.206 e. The van der Waals surface area contributed by atoms with Crippen LogP contribution in [-0.2, 0) is 6.42 Å². The molecule has 0 radical (unpaired) electrons. The van der Waals surface area contributed by atoms with E-state index in [4.69, 9.17) is 0 Å². The van der Waals surface area contributed by atoms with Crippen molar-refractivity contribution in [3.8, 4) is 22.3 Å². The van der Waals surface area contributed by atoms with E-state index in [1.807, 2.05) is 6.07 Å². The van der Waals surface area contributed by atoms with Crippen molar-refractivity contribution in [2.75, 3.05) is 0 Å². The van der Waals surface area contributed by atoms with Gasteiger partial charge in [0.1, 0.15) is 17.5 Å².